The molecule has 9 heteroatoms. The molecule has 0 aliphatic heterocycles. The van der Waals surface area contributed by atoms with Crippen LogP contribution in [-0.4, -0.2) is 35.5 Å². The molecular formula is C19H24F3N3O3. The van der Waals surface area contributed by atoms with E-state index in [1.54, 1.807) is 38.1 Å². The molecule has 0 saturated carbocycles. The molecule has 0 aliphatic rings. The highest BCUT2D eigenvalue weighted by Gasteiger charge is 2.40. The molecule has 0 bridgehead atoms. The third-order valence-corrected chi connectivity index (χ3v) is 3.83. The lowest BCUT2D eigenvalue weighted by atomic mass is 10.2. The minimum absolute atomic E-state index is 0.301. The standard InChI is InChI=1S/C19H24F3N3O3/c1-4-27-8-9-28-12-14-6-5-7-15(10-14)24-18(26)16-11-23-25(13(2)3)17(16)19(20,21)22/h5-7,10-11,13H,4,8-9,12H2,1-3H3,(H,24,26). The third kappa shape index (κ3) is 5.80. The van der Waals surface area contributed by atoms with Crippen molar-refractivity contribution >= 4 is 11.6 Å². The number of anilines is 1. The van der Waals surface area contributed by atoms with Gasteiger partial charge in [-0.15, -0.1) is 0 Å². The number of hydrogen-bond acceptors (Lipinski definition) is 4. The molecule has 6 nitrogen and oxygen atoms in total. The number of aromatic nitrogens is 2. The van der Waals surface area contributed by atoms with Gasteiger partial charge in [0, 0.05) is 18.3 Å². The summed E-state index contributed by atoms with van der Waals surface area (Å²) in [6, 6.07) is 6.21. The number of benzene rings is 1. The summed E-state index contributed by atoms with van der Waals surface area (Å²) in [7, 11) is 0. The van der Waals surface area contributed by atoms with Crippen molar-refractivity contribution in [2.24, 2.45) is 0 Å². The van der Waals surface area contributed by atoms with Gasteiger partial charge in [-0.3, -0.25) is 9.48 Å². The molecule has 1 amide bonds. The number of hydrogen-bond donors (Lipinski definition) is 1. The molecule has 1 N–H and O–H groups in total. The van der Waals surface area contributed by atoms with E-state index in [-0.39, 0.29) is 0 Å². The Balaban J connectivity index is 2.10. The lowest BCUT2D eigenvalue weighted by molar-refractivity contribution is -0.145. The summed E-state index contributed by atoms with van der Waals surface area (Å²) in [5, 5.41) is 6.23. The third-order valence-electron chi connectivity index (χ3n) is 3.83. The summed E-state index contributed by atoms with van der Waals surface area (Å²) in [6.45, 7) is 6.84. The molecule has 0 aliphatic carbocycles. The SMILES string of the molecule is CCOCCOCc1cccc(NC(=O)c2cnn(C(C)C)c2C(F)(F)F)c1. The quantitative estimate of drug-likeness (QED) is 0.639. The molecule has 28 heavy (non-hydrogen) atoms. The van der Waals surface area contributed by atoms with Gasteiger partial charge in [-0.25, -0.2) is 0 Å². The number of amides is 1. The molecule has 0 atom stereocenters. The van der Waals surface area contributed by atoms with Crippen LogP contribution in [0, 0.1) is 0 Å². The van der Waals surface area contributed by atoms with E-state index in [2.05, 4.69) is 10.4 Å². The van der Waals surface area contributed by atoms with E-state index in [0.29, 0.717) is 32.1 Å². The molecule has 0 unspecified atom stereocenters. The zero-order valence-corrected chi connectivity index (χ0v) is 16.0. The average molecular weight is 399 g/mol. The van der Waals surface area contributed by atoms with Crippen LogP contribution >= 0.6 is 0 Å². The van der Waals surface area contributed by atoms with Crippen LogP contribution in [0.3, 0.4) is 0 Å². The predicted octanol–water partition coefficient (Wildman–Crippen LogP) is 4.29. The van der Waals surface area contributed by atoms with Crippen molar-refractivity contribution in [3.05, 3.63) is 47.3 Å². The van der Waals surface area contributed by atoms with E-state index >= 15 is 0 Å². The second-order valence-corrected chi connectivity index (χ2v) is 6.35. The highest BCUT2D eigenvalue weighted by Crippen LogP contribution is 2.33. The number of alkyl halides is 3. The van der Waals surface area contributed by atoms with Gasteiger partial charge in [0.1, 0.15) is 0 Å². The molecule has 2 aromatic rings. The van der Waals surface area contributed by atoms with E-state index in [9.17, 15) is 18.0 Å². The fraction of sp³-hybridized carbons (Fsp3) is 0.474. The van der Waals surface area contributed by atoms with Gasteiger partial charge in [-0.2, -0.15) is 18.3 Å². The van der Waals surface area contributed by atoms with Gasteiger partial charge in [0.2, 0.25) is 0 Å². The molecule has 1 aromatic carbocycles. The fourth-order valence-electron chi connectivity index (χ4n) is 2.59. The largest absolute Gasteiger partial charge is 0.433 e. The average Bonchev–Trinajstić information content (AvgIpc) is 3.08. The van der Waals surface area contributed by atoms with Crippen LogP contribution < -0.4 is 5.32 Å². The van der Waals surface area contributed by atoms with E-state index in [1.807, 2.05) is 6.92 Å². The number of rotatable bonds is 9. The Hall–Kier alpha value is -2.39. The number of halogens is 3. The van der Waals surface area contributed by atoms with E-state index < -0.39 is 29.4 Å². The van der Waals surface area contributed by atoms with Crippen LogP contribution in [0.1, 0.15) is 48.4 Å². The molecule has 1 aromatic heterocycles. The van der Waals surface area contributed by atoms with Crippen molar-refractivity contribution in [3.8, 4) is 0 Å². The normalized spacial score (nSPS) is 11.8. The number of ether oxygens (including phenoxy) is 2. The maximum Gasteiger partial charge on any atom is 0.433 e. The molecule has 0 saturated heterocycles. The Morgan fingerprint density at radius 3 is 2.61 bits per heavy atom. The Bertz CT molecular complexity index is 788. The summed E-state index contributed by atoms with van der Waals surface area (Å²) in [6.07, 6.45) is -3.75. The van der Waals surface area contributed by atoms with Gasteiger partial charge < -0.3 is 14.8 Å². The minimum Gasteiger partial charge on any atom is -0.379 e. The van der Waals surface area contributed by atoms with Crippen LogP contribution in [0.15, 0.2) is 30.5 Å². The van der Waals surface area contributed by atoms with Crippen molar-refractivity contribution in [1.82, 2.24) is 9.78 Å². The van der Waals surface area contributed by atoms with Crippen molar-refractivity contribution in [3.63, 3.8) is 0 Å². The van der Waals surface area contributed by atoms with Gasteiger partial charge in [-0.05, 0) is 38.5 Å². The first-order valence-corrected chi connectivity index (χ1v) is 8.94. The molecule has 154 valence electrons. The number of nitrogens with zero attached hydrogens (tertiary/aromatic N) is 2. The Labute approximate surface area is 161 Å². The van der Waals surface area contributed by atoms with Crippen molar-refractivity contribution < 1.29 is 27.4 Å². The Kier molecular flexibility index (Phi) is 7.59. The first-order chi connectivity index (χ1) is 13.2. The molecule has 1 heterocycles. The molecule has 0 fully saturated rings. The highest BCUT2D eigenvalue weighted by atomic mass is 19.4. The minimum atomic E-state index is -4.69. The predicted molar refractivity (Wildman–Crippen MR) is 98.2 cm³/mol. The van der Waals surface area contributed by atoms with Crippen LogP contribution in [0.2, 0.25) is 0 Å². The summed E-state index contributed by atoms with van der Waals surface area (Å²) >= 11 is 0. The van der Waals surface area contributed by atoms with E-state index in [0.717, 1.165) is 16.4 Å². The second kappa shape index (κ2) is 9.70. The lowest BCUT2D eigenvalue weighted by Gasteiger charge is -2.15. The van der Waals surface area contributed by atoms with Crippen LogP contribution in [0.5, 0.6) is 0 Å². The zero-order chi connectivity index (χ0) is 20.7. The molecule has 0 spiro atoms. The van der Waals surface area contributed by atoms with Gasteiger partial charge in [0.25, 0.3) is 5.91 Å². The van der Waals surface area contributed by atoms with Crippen molar-refractivity contribution in [2.45, 2.75) is 39.6 Å². The first kappa shape index (κ1) is 21.9. The van der Waals surface area contributed by atoms with Crippen molar-refractivity contribution in [1.29, 1.82) is 0 Å². The van der Waals surface area contributed by atoms with Gasteiger partial charge >= 0.3 is 6.18 Å². The van der Waals surface area contributed by atoms with Crippen molar-refractivity contribution in [2.75, 3.05) is 25.1 Å². The summed E-state index contributed by atoms with van der Waals surface area (Å²) in [4.78, 5) is 12.4. The Morgan fingerprint density at radius 2 is 1.96 bits per heavy atom. The summed E-state index contributed by atoms with van der Waals surface area (Å²) in [5.41, 5.74) is -0.417. The van der Waals surface area contributed by atoms with E-state index in [1.165, 1.54) is 0 Å². The second-order valence-electron chi connectivity index (χ2n) is 6.35. The fourth-order valence-corrected chi connectivity index (χ4v) is 2.59. The first-order valence-electron chi connectivity index (χ1n) is 8.94. The van der Waals surface area contributed by atoms with Gasteiger partial charge in [-0.1, -0.05) is 12.1 Å². The maximum absolute atomic E-state index is 13.4. The smallest absolute Gasteiger partial charge is 0.379 e. The maximum atomic E-state index is 13.4. The number of carbonyl (C=O) groups excluding carboxylic acids is 1. The Morgan fingerprint density at radius 1 is 1.25 bits per heavy atom. The monoisotopic (exact) mass is 399 g/mol. The molecule has 2 rings (SSSR count). The lowest BCUT2D eigenvalue weighted by Crippen LogP contribution is -2.22. The summed E-state index contributed by atoms with van der Waals surface area (Å²) < 4.78 is 51.7. The molecular weight excluding hydrogens is 375 g/mol. The van der Waals surface area contributed by atoms with Crippen LogP contribution in [-0.2, 0) is 22.3 Å². The van der Waals surface area contributed by atoms with Crippen LogP contribution in [0.25, 0.3) is 0 Å². The van der Waals surface area contributed by atoms with Gasteiger partial charge in [0.05, 0.1) is 31.6 Å². The number of carbonyl (C=O) groups is 1. The topological polar surface area (TPSA) is 65.4 Å². The highest BCUT2D eigenvalue weighted by molar-refractivity contribution is 6.05. The zero-order valence-electron chi connectivity index (χ0n) is 16.0. The van der Waals surface area contributed by atoms with Gasteiger partial charge in [0.15, 0.2) is 5.69 Å². The van der Waals surface area contributed by atoms with E-state index in [4.69, 9.17) is 9.47 Å². The molecule has 0 radical (unpaired) electrons. The number of nitrogens with one attached hydrogen (secondary N) is 1. The van der Waals surface area contributed by atoms with Crippen LogP contribution in [0.4, 0.5) is 18.9 Å². The summed E-state index contributed by atoms with van der Waals surface area (Å²) in [5.74, 6) is -0.867.